The van der Waals surface area contributed by atoms with Crippen LogP contribution in [-0.4, -0.2) is 18.2 Å². The molecular formula is C13H12ClNO3S2. The number of aromatic hydroxyl groups is 1. The van der Waals surface area contributed by atoms with Gasteiger partial charge in [-0.1, -0.05) is 11.6 Å². The Kier molecular flexibility index (Phi) is 4.80. The van der Waals surface area contributed by atoms with Crippen LogP contribution in [0.2, 0.25) is 4.34 Å². The molecule has 0 aliphatic rings. The fourth-order valence-corrected chi connectivity index (χ4v) is 3.67. The van der Waals surface area contributed by atoms with E-state index in [1.165, 1.54) is 42.5 Å². The molecule has 0 fully saturated rings. The van der Waals surface area contributed by atoms with E-state index in [-0.39, 0.29) is 11.3 Å². The third-order valence-electron chi connectivity index (χ3n) is 2.51. The molecule has 0 saturated heterocycles. The lowest BCUT2D eigenvalue weighted by molar-refractivity contribution is 0.0597. The number of hydrogen-bond acceptors (Lipinski definition) is 6. The molecule has 1 heterocycles. The average molecular weight is 330 g/mol. The summed E-state index contributed by atoms with van der Waals surface area (Å²) in [5.41, 5.74) is 1.85. The number of halogens is 1. The zero-order chi connectivity index (χ0) is 14.7. The number of nitrogens with one attached hydrogen (secondary N) is 1. The summed E-state index contributed by atoms with van der Waals surface area (Å²) in [6.07, 6.45) is 0. The lowest BCUT2D eigenvalue weighted by Gasteiger charge is -2.07. The lowest BCUT2D eigenvalue weighted by Crippen LogP contribution is -2.01. The number of anilines is 1. The van der Waals surface area contributed by atoms with Crippen LogP contribution in [0.5, 0.6) is 5.75 Å². The molecule has 0 aliphatic carbocycles. The maximum absolute atomic E-state index is 11.3. The summed E-state index contributed by atoms with van der Waals surface area (Å²) in [6.45, 7) is 1.94. The Balaban J connectivity index is 2.07. The minimum Gasteiger partial charge on any atom is -0.507 e. The van der Waals surface area contributed by atoms with E-state index in [0.717, 1.165) is 14.1 Å². The fourth-order valence-electron chi connectivity index (χ4n) is 1.47. The molecule has 0 bridgehead atoms. The van der Waals surface area contributed by atoms with Gasteiger partial charge >= 0.3 is 5.97 Å². The van der Waals surface area contributed by atoms with E-state index in [4.69, 9.17) is 11.6 Å². The monoisotopic (exact) mass is 329 g/mol. The molecule has 20 heavy (non-hydrogen) atoms. The van der Waals surface area contributed by atoms with E-state index in [1.807, 2.05) is 13.0 Å². The summed E-state index contributed by atoms with van der Waals surface area (Å²) in [5.74, 6) is -0.690. The standard InChI is InChI=1S/C13H12ClNO3S2/c1-7-5-11(19-12(7)14)20-15-8-3-4-9(10(16)6-8)13(17)18-2/h3-6,15-16H,1-2H3. The van der Waals surface area contributed by atoms with E-state index < -0.39 is 5.97 Å². The highest BCUT2D eigenvalue weighted by atomic mass is 35.5. The van der Waals surface area contributed by atoms with E-state index >= 15 is 0 Å². The van der Waals surface area contributed by atoms with Crippen molar-refractivity contribution < 1.29 is 14.6 Å². The summed E-state index contributed by atoms with van der Waals surface area (Å²) in [6, 6.07) is 6.66. The number of esters is 1. The Morgan fingerprint density at radius 2 is 2.20 bits per heavy atom. The number of aryl methyl sites for hydroxylation is 1. The summed E-state index contributed by atoms with van der Waals surface area (Å²) in [5, 5.41) is 9.77. The van der Waals surface area contributed by atoms with Crippen LogP contribution in [0, 0.1) is 6.92 Å². The van der Waals surface area contributed by atoms with Crippen LogP contribution in [0.1, 0.15) is 15.9 Å². The molecule has 1 aromatic heterocycles. The minimum atomic E-state index is -0.567. The van der Waals surface area contributed by atoms with Crippen molar-refractivity contribution >= 4 is 46.5 Å². The van der Waals surface area contributed by atoms with Gasteiger partial charge < -0.3 is 14.6 Å². The van der Waals surface area contributed by atoms with E-state index in [1.54, 1.807) is 6.07 Å². The normalized spacial score (nSPS) is 10.3. The molecule has 0 saturated carbocycles. The summed E-state index contributed by atoms with van der Waals surface area (Å²) < 4.78 is 9.43. The van der Waals surface area contributed by atoms with Crippen molar-refractivity contribution in [1.82, 2.24) is 0 Å². The van der Waals surface area contributed by atoms with Crippen LogP contribution < -0.4 is 4.72 Å². The number of ether oxygens (including phenoxy) is 1. The van der Waals surface area contributed by atoms with Gasteiger partial charge in [0.1, 0.15) is 11.3 Å². The van der Waals surface area contributed by atoms with Crippen molar-refractivity contribution in [3.63, 3.8) is 0 Å². The summed E-state index contributed by atoms with van der Waals surface area (Å²) >= 11 is 8.87. The predicted molar refractivity (Wildman–Crippen MR) is 83.0 cm³/mol. The topological polar surface area (TPSA) is 58.6 Å². The Bertz CT molecular complexity index is 623. The molecule has 0 atom stereocenters. The van der Waals surface area contributed by atoms with Gasteiger partial charge in [0.25, 0.3) is 0 Å². The Morgan fingerprint density at radius 3 is 2.75 bits per heavy atom. The van der Waals surface area contributed by atoms with E-state index in [0.29, 0.717) is 5.69 Å². The first kappa shape index (κ1) is 15.0. The summed E-state index contributed by atoms with van der Waals surface area (Å²) in [4.78, 5) is 11.3. The molecule has 106 valence electrons. The van der Waals surface area contributed by atoms with Gasteiger partial charge in [0, 0.05) is 11.8 Å². The van der Waals surface area contributed by atoms with Crippen LogP contribution in [0.25, 0.3) is 0 Å². The molecule has 0 unspecified atom stereocenters. The van der Waals surface area contributed by atoms with E-state index in [2.05, 4.69) is 9.46 Å². The number of phenolic OH excluding ortho intramolecular Hbond substituents is 1. The first-order valence-electron chi connectivity index (χ1n) is 5.61. The molecule has 1 aromatic carbocycles. The SMILES string of the molecule is COC(=O)c1ccc(NSc2cc(C)c(Cl)s2)cc1O. The number of hydrogen-bond donors (Lipinski definition) is 2. The smallest absolute Gasteiger partial charge is 0.341 e. The third kappa shape index (κ3) is 3.39. The molecule has 2 aromatic rings. The Hall–Kier alpha value is -1.37. The molecule has 7 heteroatoms. The van der Waals surface area contributed by atoms with Gasteiger partial charge in [-0.2, -0.15) is 0 Å². The van der Waals surface area contributed by atoms with Gasteiger partial charge in [0.15, 0.2) is 0 Å². The van der Waals surface area contributed by atoms with Crippen molar-refractivity contribution in [3.8, 4) is 5.75 Å². The second-order valence-electron chi connectivity index (χ2n) is 3.95. The molecule has 0 radical (unpaired) electrons. The van der Waals surface area contributed by atoms with E-state index in [9.17, 15) is 9.90 Å². The predicted octanol–water partition coefficient (Wildman–Crippen LogP) is 4.32. The van der Waals surface area contributed by atoms with Crippen LogP contribution in [0.15, 0.2) is 28.5 Å². The molecule has 2 N–H and O–H groups in total. The quantitative estimate of drug-likeness (QED) is 0.646. The number of benzene rings is 1. The average Bonchev–Trinajstić information content (AvgIpc) is 2.75. The highest BCUT2D eigenvalue weighted by molar-refractivity contribution is 8.02. The number of phenols is 1. The fraction of sp³-hybridized carbons (Fsp3) is 0.154. The highest BCUT2D eigenvalue weighted by Gasteiger charge is 2.12. The number of rotatable bonds is 4. The second kappa shape index (κ2) is 6.39. The van der Waals surface area contributed by atoms with Crippen molar-refractivity contribution in [3.05, 3.63) is 39.7 Å². The molecule has 0 aliphatic heterocycles. The zero-order valence-corrected chi connectivity index (χ0v) is 13.2. The van der Waals surface area contributed by atoms with Gasteiger partial charge in [-0.15, -0.1) is 11.3 Å². The summed E-state index contributed by atoms with van der Waals surface area (Å²) in [7, 11) is 1.27. The number of thiophene rings is 1. The van der Waals surface area contributed by atoms with Crippen molar-refractivity contribution in [2.24, 2.45) is 0 Å². The molecule has 0 amide bonds. The first-order chi connectivity index (χ1) is 9.51. The van der Waals surface area contributed by atoms with Crippen molar-refractivity contribution in [2.75, 3.05) is 11.8 Å². The molecule has 4 nitrogen and oxygen atoms in total. The van der Waals surface area contributed by atoms with Gasteiger partial charge in [0.2, 0.25) is 0 Å². The van der Waals surface area contributed by atoms with Crippen molar-refractivity contribution in [2.45, 2.75) is 11.1 Å². The zero-order valence-electron chi connectivity index (χ0n) is 10.8. The lowest BCUT2D eigenvalue weighted by atomic mass is 10.2. The second-order valence-corrected chi connectivity index (χ2v) is 6.71. The van der Waals surface area contributed by atoms with Gasteiger partial charge in [-0.05, 0) is 42.6 Å². The largest absolute Gasteiger partial charge is 0.507 e. The highest BCUT2D eigenvalue weighted by Crippen LogP contribution is 2.35. The number of carbonyl (C=O) groups excluding carboxylic acids is 1. The maximum Gasteiger partial charge on any atom is 0.341 e. The Morgan fingerprint density at radius 1 is 1.45 bits per heavy atom. The van der Waals surface area contributed by atoms with Crippen LogP contribution in [0.3, 0.4) is 0 Å². The van der Waals surface area contributed by atoms with Crippen LogP contribution in [-0.2, 0) is 4.74 Å². The Labute approximate surface area is 129 Å². The maximum atomic E-state index is 11.3. The third-order valence-corrected chi connectivity index (χ3v) is 5.01. The van der Waals surface area contributed by atoms with Crippen molar-refractivity contribution in [1.29, 1.82) is 0 Å². The van der Waals surface area contributed by atoms with Crippen LogP contribution >= 0.6 is 34.9 Å². The molecular weight excluding hydrogens is 318 g/mol. The number of carbonyl (C=O) groups is 1. The van der Waals surface area contributed by atoms with Gasteiger partial charge in [-0.25, -0.2) is 4.79 Å². The first-order valence-corrected chi connectivity index (χ1v) is 7.62. The van der Waals surface area contributed by atoms with Gasteiger partial charge in [0.05, 0.1) is 15.7 Å². The van der Waals surface area contributed by atoms with Gasteiger partial charge in [-0.3, -0.25) is 0 Å². The minimum absolute atomic E-state index is 0.122. The van der Waals surface area contributed by atoms with Crippen LogP contribution in [0.4, 0.5) is 5.69 Å². The number of methoxy groups -OCH3 is 1. The molecule has 0 spiro atoms. The molecule has 2 rings (SSSR count).